The second kappa shape index (κ2) is 15.3. The minimum absolute atomic E-state index is 0.00708. The van der Waals surface area contributed by atoms with Crippen LogP contribution in [-0.4, -0.2) is 58.4 Å². The lowest BCUT2D eigenvalue weighted by atomic mass is 10.0. The van der Waals surface area contributed by atoms with Crippen molar-refractivity contribution in [3.8, 4) is 0 Å². The summed E-state index contributed by atoms with van der Waals surface area (Å²) in [5.41, 5.74) is 0.919. The summed E-state index contributed by atoms with van der Waals surface area (Å²) in [6.07, 6.45) is -4.75. The Morgan fingerprint density at radius 3 is 1.82 bits per heavy atom. The third-order valence-electron chi connectivity index (χ3n) is 8.51. The molecule has 2 aliphatic heterocycles. The molecule has 12 heteroatoms. The molecule has 0 saturated carbocycles. The van der Waals surface area contributed by atoms with Crippen molar-refractivity contribution in [2.45, 2.75) is 43.4 Å². The second-order valence-corrected chi connectivity index (χ2v) is 11.9. The van der Waals surface area contributed by atoms with Gasteiger partial charge in [-0.05, 0) is 42.5 Å². The quantitative estimate of drug-likeness (QED) is 0.212. The zero-order chi connectivity index (χ0) is 35.2. The molecule has 2 fully saturated rings. The van der Waals surface area contributed by atoms with Crippen LogP contribution in [0.15, 0.2) is 138 Å². The first-order valence-corrected chi connectivity index (χ1v) is 16.4. The molecule has 51 heavy (non-hydrogen) atoms. The maximum atomic E-state index is 13.6. The third-order valence-corrected chi connectivity index (χ3v) is 8.51. The molecule has 2 saturated heterocycles. The van der Waals surface area contributed by atoms with E-state index in [4.69, 9.17) is 23.7 Å². The van der Waals surface area contributed by atoms with E-state index in [1.807, 2.05) is 30.3 Å². The number of esters is 2. The molecule has 0 spiro atoms. The lowest BCUT2D eigenvalue weighted by Crippen LogP contribution is -2.49. The van der Waals surface area contributed by atoms with Gasteiger partial charge in [-0.15, -0.1) is 0 Å². The third kappa shape index (κ3) is 7.78. The van der Waals surface area contributed by atoms with Crippen LogP contribution in [0.1, 0.15) is 55.6 Å². The van der Waals surface area contributed by atoms with E-state index < -0.39 is 60.5 Å². The summed E-state index contributed by atoms with van der Waals surface area (Å²) in [6, 6.07) is 36.1. The molecule has 1 amide bonds. The summed E-state index contributed by atoms with van der Waals surface area (Å²) >= 11 is 0. The SMILES string of the molecule is O=C(Nc1ccn([C@@H]2OC3COC(c4ccccc4)O[C@H]3[C@H](OC(=O)c3ccccc3)C[C@H]2OC(=O)c2ccccc2)c(=O)n1)c1ccccc1. The highest BCUT2D eigenvalue weighted by Gasteiger charge is 2.49. The molecule has 0 radical (unpaired) electrons. The van der Waals surface area contributed by atoms with Crippen molar-refractivity contribution >= 4 is 23.7 Å². The highest BCUT2D eigenvalue weighted by Crippen LogP contribution is 2.38. The predicted octanol–water partition coefficient (Wildman–Crippen LogP) is 5.35. The second-order valence-electron chi connectivity index (χ2n) is 11.9. The zero-order valence-corrected chi connectivity index (χ0v) is 27.1. The Balaban J connectivity index is 1.24. The first-order valence-electron chi connectivity index (χ1n) is 16.4. The molecule has 6 atom stereocenters. The monoisotopic (exact) mass is 687 g/mol. The first-order chi connectivity index (χ1) is 24.9. The Kier molecular flexibility index (Phi) is 10.1. The van der Waals surface area contributed by atoms with E-state index in [1.54, 1.807) is 91.0 Å². The minimum atomic E-state index is -1.26. The molecule has 2 unspecified atom stereocenters. The molecule has 2 aliphatic rings. The van der Waals surface area contributed by atoms with Gasteiger partial charge in [0.2, 0.25) is 0 Å². The van der Waals surface area contributed by atoms with Crippen molar-refractivity contribution in [3.63, 3.8) is 0 Å². The highest BCUT2D eigenvalue weighted by atomic mass is 16.7. The summed E-state index contributed by atoms with van der Waals surface area (Å²) in [5, 5.41) is 2.63. The highest BCUT2D eigenvalue weighted by molar-refractivity contribution is 6.03. The molecule has 1 aromatic heterocycles. The largest absolute Gasteiger partial charge is 0.456 e. The van der Waals surface area contributed by atoms with Crippen LogP contribution < -0.4 is 11.0 Å². The number of fused-ring (bicyclic) bond motifs is 1. The predicted molar refractivity (Wildman–Crippen MR) is 183 cm³/mol. The Hall–Kier alpha value is -5.95. The van der Waals surface area contributed by atoms with Crippen LogP contribution in [0.3, 0.4) is 0 Å². The van der Waals surface area contributed by atoms with Gasteiger partial charge in [0.1, 0.15) is 24.1 Å². The van der Waals surface area contributed by atoms with Crippen LogP contribution in [0.25, 0.3) is 0 Å². The average molecular weight is 688 g/mol. The van der Waals surface area contributed by atoms with E-state index >= 15 is 0 Å². The van der Waals surface area contributed by atoms with Crippen LogP contribution in [0.4, 0.5) is 5.82 Å². The molecule has 1 N–H and O–H groups in total. The van der Waals surface area contributed by atoms with E-state index in [2.05, 4.69) is 10.3 Å². The number of nitrogens with one attached hydrogen (secondary N) is 1. The fraction of sp³-hybridized carbons (Fsp3) is 0.205. The van der Waals surface area contributed by atoms with E-state index in [1.165, 1.54) is 16.8 Å². The minimum Gasteiger partial charge on any atom is -0.456 e. The molecular weight excluding hydrogens is 654 g/mol. The molecule has 0 bridgehead atoms. The van der Waals surface area contributed by atoms with Crippen LogP contribution in [0, 0.1) is 0 Å². The maximum Gasteiger partial charge on any atom is 0.351 e. The van der Waals surface area contributed by atoms with Crippen molar-refractivity contribution in [1.29, 1.82) is 0 Å². The number of carbonyl (C=O) groups is 3. The number of anilines is 1. The Bertz CT molecular complexity index is 2030. The number of nitrogens with zero attached hydrogens (tertiary/aromatic N) is 2. The topological polar surface area (TPSA) is 144 Å². The fourth-order valence-corrected chi connectivity index (χ4v) is 6.00. The maximum absolute atomic E-state index is 13.6. The van der Waals surface area contributed by atoms with Gasteiger partial charge in [-0.2, -0.15) is 4.98 Å². The van der Waals surface area contributed by atoms with Crippen molar-refractivity contribution in [2.24, 2.45) is 0 Å². The van der Waals surface area contributed by atoms with Crippen LogP contribution >= 0.6 is 0 Å². The molecule has 258 valence electrons. The summed E-state index contributed by atoms with van der Waals surface area (Å²) < 4.78 is 32.4. The van der Waals surface area contributed by atoms with E-state index in [0.717, 1.165) is 5.56 Å². The zero-order valence-electron chi connectivity index (χ0n) is 27.1. The van der Waals surface area contributed by atoms with E-state index in [0.29, 0.717) is 11.1 Å². The van der Waals surface area contributed by atoms with Crippen molar-refractivity contribution < 1.29 is 38.1 Å². The fourth-order valence-electron chi connectivity index (χ4n) is 6.00. The van der Waals surface area contributed by atoms with E-state index in [9.17, 15) is 19.2 Å². The number of ether oxygens (including phenoxy) is 5. The van der Waals surface area contributed by atoms with Crippen molar-refractivity contribution in [3.05, 3.63) is 166 Å². The van der Waals surface area contributed by atoms with Gasteiger partial charge in [0.15, 0.2) is 18.6 Å². The Morgan fingerprint density at radius 2 is 1.24 bits per heavy atom. The smallest absolute Gasteiger partial charge is 0.351 e. The Labute approximate surface area is 292 Å². The molecular formula is C39H33N3O9. The van der Waals surface area contributed by atoms with Crippen molar-refractivity contribution in [2.75, 3.05) is 11.9 Å². The number of hydrogen-bond donors (Lipinski definition) is 1. The Morgan fingerprint density at radius 1 is 0.686 bits per heavy atom. The molecule has 12 nitrogen and oxygen atoms in total. The summed E-state index contributed by atoms with van der Waals surface area (Å²) in [5.74, 6) is -1.73. The molecule has 7 rings (SSSR count). The molecule has 3 heterocycles. The van der Waals surface area contributed by atoms with Crippen LogP contribution in [-0.2, 0) is 23.7 Å². The normalized spacial score (nSPS) is 22.8. The summed E-state index contributed by atoms with van der Waals surface area (Å²) in [4.78, 5) is 57.5. The van der Waals surface area contributed by atoms with Gasteiger partial charge >= 0.3 is 17.6 Å². The molecule has 4 aromatic carbocycles. The number of benzene rings is 4. The standard InChI is InChI=1S/C39H33N3O9/c43-34(25-13-5-1-6-14-25)40-32-21-22-42(39(46)41-32)35-30(50-37(45)27-17-9-3-10-18-27)23-29(49-36(44)26-15-7-2-8-16-26)33-31(48-35)24-47-38(51-33)28-19-11-4-12-20-28/h1-22,29-31,33,35,38H,23-24H2,(H,40,41,43,46)/t29-,30-,31?,33+,35-,38?/m1/s1. The number of hydrogen-bond acceptors (Lipinski definition) is 10. The van der Waals surface area contributed by atoms with Gasteiger partial charge in [-0.1, -0.05) is 84.9 Å². The van der Waals surface area contributed by atoms with Gasteiger partial charge in [0.25, 0.3) is 5.91 Å². The van der Waals surface area contributed by atoms with Gasteiger partial charge in [0.05, 0.1) is 17.7 Å². The van der Waals surface area contributed by atoms with Crippen LogP contribution in [0.2, 0.25) is 0 Å². The van der Waals surface area contributed by atoms with Crippen molar-refractivity contribution in [1.82, 2.24) is 9.55 Å². The van der Waals surface area contributed by atoms with Gasteiger partial charge in [-0.25, -0.2) is 14.4 Å². The molecule has 5 aromatic rings. The first kappa shape index (κ1) is 33.5. The van der Waals surface area contributed by atoms with Crippen LogP contribution in [0.5, 0.6) is 0 Å². The summed E-state index contributed by atoms with van der Waals surface area (Å²) in [6.45, 7) is -0.00708. The van der Waals surface area contributed by atoms with Gasteiger partial charge in [-0.3, -0.25) is 9.36 Å². The number of amides is 1. The lowest BCUT2D eigenvalue weighted by Gasteiger charge is -2.38. The lowest BCUT2D eigenvalue weighted by molar-refractivity contribution is -0.288. The van der Waals surface area contributed by atoms with Gasteiger partial charge in [0, 0.05) is 23.7 Å². The molecule has 0 aliphatic carbocycles. The van der Waals surface area contributed by atoms with Gasteiger partial charge < -0.3 is 29.0 Å². The average Bonchev–Trinajstić information content (AvgIpc) is 3.32. The number of rotatable bonds is 8. The number of carbonyl (C=O) groups excluding carboxylic acids is 3. The summed E-state index contributed by atoms with van der Waals surface area (Å²) in [7, 11) is 0. The number of aromatic nitrogens is 2. The van der Waals surface area contributed by atoms with E-state index in [-0.39, 0.29) is 24.4 Å².